The van der Waals surface area contributed by atoms with Crippen molar-refractivity contribution in [3.63, 3.8) is 0 Å². The lowest BCUT2D eigenvalue weighted by atomic mass is 10.1. The van der Waals surface area contributed by atoms with E-state index in [-0.39, 0.29) is 25.9 Å². The molecular formula is C7H11F3N2O2. The summed E-state index contributed by atoms with van der Waals surface area (Å²) >= 11 is 0. The Morgan fingerprint density at radius 3 is 2.21 bits per heavy atom. The van der Waals surface area contributed by atoms with Crippen molar-refractivity contribution in [2.45, 2.75) is 25.2 Å². The van der Waals surface area contributed by atoms with Gasteiger partial charge in [0.15, 0.2) is 0 Å². The van der Waals surface area contributed by atoms with Crippen LogP contribution in [0.1, 0.15) is 12.8 Å². The molecule has 2 N–H and O–H groups in total. The highest BCUT2D eigenvalue weighted by Crippen LogP contribution is 2.17. The highest BCUT2D eigenvalue weighted by atomic mass is 19.4. The van der Waals surface area contributed by atoms with E-state index in [1.54, 1.807) is 0 Å². The fourth-order valence-electron chi connectivity index (χ4n) is 1.45. The molecule has 7 heteroatoms. The molecule has 1 amide bonds. The number of hydrogen-bond acceptors (Lipinski definition) is 2. The van der Waals surface area contributed by atoms with Crippen LogP contribution < -0.4 is 5.32 Å². The second-order valence-corrected chi connectivity index (χ2v) is 3.19. The number of hydrogen-bond donors (Lipinski definition) is 2. The quantitative estimate of drug-likeness (QED) is 0.643. The van der Waals surface area contributed by atoms with E-state index >= 15 is 0 Å². The number of nitrogens with one attached hydrogen (secondary N) is 1. The maximum absolute atomic E-state index is 11.9. The van der Waals surface area contributed by atoms with Crippen LogP contribution in [0.15, 0.2) is 0 Å². The number of amides is 1. The maximum atomic E-state index is 11.9. The highest BCUT2D eigenvalue weighted by Gasteiger charge is 2.33. The molecule has 0 atom stereocenters. The number of rotatable bonds is 1. The summed E-state index contributed by atoms with van der Waals surface area (Å²) in [6, 6.07) is -0.661. The van der Waals surface area contributed by atoms with E-state index in [2.05, 4.69) is 0 Å². The summed E-state index contributed by atoms with van der Waals surface area (Å²) in [4.78, 5) is 11.5. The average Bonchev–Trinajstić information content (AvgIpc) is 2.02. The van der Waals surface area contributed by atoms with E-state index in [9.17, 15) is 18.0 Å². The number of piperidine rings is 1. The number of likely N-dealkylation sites (tertiary alicyclic amines) is 1. The van der Waals surface area contributed by atoms with Crippen LogP contribution in [0.25, 0.3) is 0 Å². The van der Waals surface area contributed by atoms with Crippen LogP contribution in [0, 0.1) is 0 Å². The Bertz CT molecular complexity index is 211. The topological polar surface area (TPSA) is 52.6 Å². The van der Waals surface area contributed by atoms with Gasteiger partial charge >= 0.3 is 12.4 Å². The van der Waals surface area contributed by atoms with Gasteiger partial charge in [0.05, 0.1) is 0 Å². The van der Waals surface area contributed by atoms with Gasteiger partial charge in [0, 0.05) is 19.1 Å². The zero-order valence-corrected chi connectivity index (χ0v) is 7.34. The summed E-state index contributed by atoms with van der Waals surface area (Å²) in [6.07, 6.45) is -5.05. The minimum atomic E-state index is -4.38. The molecular weight excluding hydrogens is 201 g/mol. The normalized spacial score (nSPS) is 19.8. The Labute approximate surface area is 78.7 Å². The van der Waals surface area contributed by atoms with Gasteiger partial charge in [0.25, 0.3) is 0 Å². The lowest BCUT2D eigenvalue weighted by Crippen LogP contribution is -2.48. The molecule has 0 unspecified atom stereocenters. The van der Waals surface area contributed by atoms with Crippen LogP contribution in [-0.4, -0.2) is 41.5 Å². The Morgan fingerprint density at radius 2 is 1.86 bits per heavy atom. The molecule has 1 heterocycles. The summed E-state index contributed by atoms with van der Waals surface area (Å²) in [6.45, 7) is 0.312. The first-order chi connectivity index (χ1) is 6.38. The van der Waals surface area contributed by atoms with Gasteiger partial charge in [-0.25, -0.2) is 10.1 Å². The molecule has 0 aliphatic carbocycles. The Morgan fingerprint density at radius 1 is 1.36 bits per heavy atom. The highest BCUT2D eigenvalue weighted by molar-refractivity contribution is 5.65. The molecule has 1 aliphatic heterocycles. The van der Waals surface area contributed by atoms with Crippen molar-refractivity contribution in [1.82, 2.24) is 10.2 Å². The standard InChI is InChI=1S/C7H11F3N2O2/c8-7(9,10)11-5-1-3-12(4-2-5)6(13)14/h5,11H,1-4H2,(H,13,14). The number of halogens is 3. The Balaban J connectivity index is 2.33. The van der Waals surface area contributed by atoms with Crippen LogP contribution >= 0.6 is 0 Å². The third-order valence-corrected chi connectivity index (χ3v) is 2.13. The Hall–Kier alpha value is -0.980. The van der Waals surface area contributed by atoms with Crippen LogP contribution in [0.5, 0.6) is 0 Å². The second kappa shape index (κ2) is 4.04. The third kappa shape index (κ3) is 3.41. The Kier molecular flexibility index (Phi) is 3.20. The molecule has 82 valence electrons. The molecule has 4 nitrogen and oxygen atoms in total. The van der Waals surface area contributed by atoms with E-state index in [1.165, 1.54) is 5.32 Å². The lowest BCUT2D eigenvalue weighted by Gasteiger charge is -2.30. The van der Waals surface area contributed by atoms with Crippen LogP contribution in [-0.2, 0) is 0 Å². The van der Waals surface area contributed by atoms with Gasteiger partial charge in [-0.3, -0.25) is 0 Å². The second-order valence-electron chi connectivity index (χ2n) is 3.19. The van der Waals surface area contributed by atoms with Crippen molar-refractivity contribution >= 4 is 6.09 Å². The zero-order chi connectivity index (χ0) is 10.8. The van der Waals surface area contributed by atoms with Crippen molar-refractivity contribution in [3.05, 3.63) is 0 Å². The van der Waals surface area contributed by atoms with Crippen LogP contribution in [0.2, 0.25) is 0 Å². The summed E-state index contributed by atoms with van der Waals surface area (Å²) in [5.41, 5.74) is 0. The van der Waals surface area contributed by atoms with Crippen molar-refractivity contribution in [1.29, 1.82) is 0 Å². The van der Waals surface area contributed by atoms with E-state index in [1.807, 2.05) is 0 Å². The molecule has 0 bridgehead atoms. The summed E-state index contributed by atoms with van der Waals surface area (Å²) in [7, 11) is 0. The molecule has 1 fully saturated rings. The van der Waals surface area contributed by atoms with Gasteiger partial charge in [-0.1, -0.05) is 0 Å². The van der Waals surface area contributed by atoms with Crippen molar-refractivity contribution in [3.8, 4) is 0 Å². The molecule has 14 heavy (non-hydrogen) atoms. The SMILES string of the molecule is O=C(O)N1CCC(NC(F)(F)F)CC1. The van der Waals surface area contributed by atoms with Crippen molar-refractivity contribution in [2.24, 2.45) is 0 Å². The average molecular weight is 212 g/mol. The summed E-state index contributed by atoms with van der Waals surface area (Å²) in [5.74, 6) is 0. The van der Waals surface area contributed by atoms with Gasteiger partial charge < -0.3 is 10.0 Å². The minimum Gasteiger partial charge on any atom is -0.465 e. The fraction of sp³-hybridized carbons (Fsp3) is 0.857. The van der Waals surface area contributed by atoms with Crippen LogP contribution in [0.4, 0.5) is 18.0 Å². The van der Waals surface area contributed by atoms with Gasteiger partial charge in [-0.2, -0.15) is 13.2 Å². The van der Waals surface area contributed by atoms with Crippen LogP contribution in [0.3, 0.4) is 0 Å². The van der Waals surface area contributed by atoms with E-state index in [0.29, 0.717) is 0 Å². The first kappa shape index (κ1) is 11.1. The molecule has 0 radical (unpaired) electrons. The van der Waals surface area contributed by atoms with E-state index in [0.717, 1.165) is 4.90 Å². The molecule has 0 aromatic rings. The maximum Gasteiger partial charge on any atom is 0.457 e. The lowest BCUT2D eigenvalue weighted by molar-refractivity contribution is -0.166. The largest absolute Gasteiger partial charge is 0.465 e. The predicted octanol–water partition coefficient (Wildman–Crippen LogP) is 1.24. The van der Waals surface area contributed by atoms with Gasteiger partial charge in [-0.05, 0) is 12.8 Å². The number of carboxylic acid groups (broad SMARTS) is 1. The van der Waals surface area contributed by atoms with Crippen molar-refractivity contribution < 1.29 is 23.1 Å². The zero-order valence-electron chi connectivity index (χ0n) is 7.34. The number of alkyl halides is 3. The van der Waals surface area contributed by atoms with E-state index < -0.39 is 18.4 Å². The molecule has 0 saturated carbocycles. The van der Waals surface area contributed by atoms with E-state index in [4.69, 9.17) is 5.11 Å². The first-order valence-corrected chi connectivity index (χ1v) is 4.21. The fourth-order valence-corrected chi connectivity index (χ4v) is 1.45. The first-order valence-electron chi connectivity index (χ1n) is 4.21. The predicted molar refractivity (Wildman–Crippen MR) is 41.8 cm³/mol. The molecule has 1 aliphatic rings. The molecule has 0 spiro atoms. The number of nitrogens with zero attached hydrogens (tertiary/aromatic N) is 1. The monoisotopic (exact) mass is 212 g/mol. The van der Waals surface area contributed by atoms with Gasteiger partial charge in [0.2, 0.25) is 0 Å². The molecule has 0 aromatic heterocycles. The molecule has 1 saturated heterocycles. The summed E-state index contributed by atoms with van der Waals surface area (Å²) < 4.78 is 35.6. The van der Waals surface area contributed by atoms with Gasteiger partial charge in [-0.15, -0.1) is 0 Å². The number of carbonyl (C=O) groups is 1. The molecule has 0 aromatic carbocycles. The molecule has 1 rings (SSSR count). The van der Waals surface area contributed by atoms with Gasteiger partial charge in [0.1, 0.15) is 0 Å². The smallest absolute Gasteiger partial charge is 0.457 e. The summed E-state index contributed by atoms with van der Waals surface area (Å²) in [5, 5.41) is 10.0. The minimum absolute atomic E-state index is 0.156. The van der Waals surface area contributed by atoms with Crippen molar-refractivity contribution in [2.75, 3.05) is 13.1 Å². The third-order valence-electron chi connectivity index (χ3n) is 2.13.